The second-order valence-electron chi connectivity index (χ2n) is 7.82. The van der Waals surface area contributed by atoms with Gasteiger partial charge in [0.05, 0.1) is 29.7 Å². The number of pyridine rings is 1. The van der Waals surface area contributed by atoms with Crippen LogP contribution in [-0.2, 0) is 25.7 Å². The van der Waals surface area contributed by atoms with Crippen molar-refractivity contribution in [2.24, 2.45) is 11.8 Å². The summed E-state index contributed by atoms with van der Waals surface area (Å²) >= 11 is 0. The maximum Gasteiger partial charge on any atom is 0.326 e. The van der Waals surface area contributed by atoms with Crippen molar-refractivity contribution in [1.29, 1.82) is 0 Å². The third kappa shape index (κ3) is 2.85. The molecule has 9 nitrogen and oxygen atoms in total. The Labute approximate surface area is 161 Å². The second kappa shape index (κ2) is 6.82. The van der Waals surface area contributed by atoms with Crippen molar-refractivity contribution in [1.82, 2.24) is 15.2 Å². The molecule has 6 atom stereocenters. The summed E-state index contributed by atoms with van der Waals surface area (Å²) in [7, 11) is 0. The van der Waals surface area contributed by atoms with E-state index < -0.39 is 53.6 Å². The molecule has 1 amide bonds. The van der Waals surface area contributed by atoms with Crippen LogP contribution in [0.15, 0.2) is 24.5 Å². The normalized spacial score (nSPS) is 34.9. The molecular formula is C19H23N3O6. The highest BCUT2D eigenvalue weighted by Crippen LogP contribution is 2.56. The van der Waals surface area contributed by atoms with Gasteiger partial charge in [-0.25, -0.2) is 4.79 Å². The topological polar surface area (TPSA) is 129 Å². The van der Waals surface area contributed by atoms with Gasteiger partial charge >= 0.3 is 11.9 Å². The summed E-state index contributed by atoms with van der Waals surface area (Å²) in [5, 5.41) is 22.6. The first-order valence-electron chi connectivity index (χ1n) is 9.42. The van der Waals surface area contributed by atoms with Crippen molar-refractivity contribution in [3.05, 3.63) is 30.1 Å². The van der Waals surface area contributed by atoms with E-state index in [1.54, 1.807) is 19.3 Å². The molecule has 1 aromatic rings. The predicted molar refractivity (Wildman–Crippen MR) is 94.9 cm³/mol. The number of rotatable bonds is 6. The fourth-order valence-corrected chi connectivity index (χ4v) is 5.06. The number of carboxylic acid groups (broad SMARTS) is 2. The van der Waals surface area contributed by atoms with E-state index in [1.807, 2.05) is 12.1 Å². The predicted octanol–water partition coefficient (Wildman–Crippen LogP) is 0.451. The van der Waals surface area contributed by atoms with Crippen LogP contribution in [0.1, 0.15) is 31.7 Å². The number of piperidine rings is 1. The van der Waals surface area contributed by atoms with Gasteiger partial charge in [0.15, 0.2) is 0 Å². The highest BCUT2D eigenvalue weighted by molar-refractivity contribution is 5.92. The molecule has 3 fully saturated rings. The summed E-state index contributed by atoms with van der Waals surface area (Å²) in [5.41, 5.74) is -0.0313. The van der Waals surface area contributed by atoms with E-state index in [0.29, 0.717) is 19.4 Å². The van der Waals surface area contributed by atoms with Crippen molar-refractivity contribution in [3.63, 3.8) is 0 Å². The third-order valence-corrected chi connectivity index (χ3v) is 6.30. The lowest BCUT2D eigenvalue weighted by Crippen LogP contribution is -2.66. The van der Waals surface area contributed by atoms with Gasteiger partial charge in [0.25, 0.3) is 0 Å². The summed E-state index contributed by atoms with van der Waals surface area (Å²) in [6.45, 7) is 2.15. The number of carboxylic acids is 2. The van der Waals surface area contributed by atoms with Crippen LogP contribution in [0.5, 0.6) is 0 Å². The average Bonchev–Trinajstić information content (AvgIpc) is 3.22. The molecule has 4 heterocycles. The largest absolute Gasteiger partial charge is 0.481 e. The Morgan fingerprint density at radius 3 is 2.71 bits per heavy atom. The van der Waals surface area contributed by atoms with Crippen LogP contribution < -0.4 is 5.32 Å². The van der Waals surface area contributed by atoms with Crippen molar-refractivity contribution in [2.75, 3.05) is 0 Å². The summed E-state index contributed by atoms with van der Waals surface area (Å²) in [4.78, 5) is 42.4. The second-order valence-corrected chi connectivity index (χ2v) is 7.82. The van der Waals surface area contributed by atoms with Crippen LogP contribution in [-0.4, -0.2) is 61.9 Å². The smallest absolute Gasteiger partial charge is 0.326 e. The van der Waals surface area contributed by atoms with Gasteiger partial charge in [-0.2, -0.15) is 0 Å². The lowest BCUT2D eigenvalue weighted by Gasteiger charge is -2.48. The number of nitrogens with one attached hydrogen (secondary N) is 1. The standard InChI is InChI=1S/C19H23N3O6/c1-10(21-9-11-3-6-20-7-4-11)22-12(17(24)25)8-19-5-2-13(28-19)14(18(26)27)15(19)16(22)23/h3-4,6-7,10,12-15,21H,2,5,8-9H2,1H3,(H,24,25)(H,26,27). The SMILES string of the molecule is CC(NCc1ccncc1)N1C(=O)C2C(C(=O)O)C3CCC2(CC1C(=O)O)O3. The number of carbonyl (C=O) groups is 3. The molecule has 0 aromatic carbocycles. The highest BCUT2D eigenvalue weighted by Gasteiger charge is 2.69. The molecular weight excluding hydrogens is 366 g/mol. The number of carbonyl (C=O) groups excluding carboxylic acids is 1. The first kappa shape index (κ1) is 18.8. The lowest BCUT2D eigenvalue weighted by atomic mass is 9.66. The van der Waals surface area contributed by atoms with Crippen LogP contribution in [0.25, 0.3) is 0 Å². The molecule has 3 aliphatic heterocycles. The van der Waals surface area contributed by atoms with Crippen molar-refractivity contribution in [2.45, 2.75) is 56.6 Å². The monoisotopic (exact) mass is 389 g/mol. The molecule has 28 heavy (non-hydrogen) atoms. The summed E-state index contributed by atoms with van der Waals surface area (Å²) in [6, 6.07) is 2.59. The Morgan fingerprint density at radius 1 is 1.36 bits per heavy atom. The zero-order chi connectivity index (χ0) is 20.1. The van der Waals surface area contributed by atoms with E-state index in [2.05, 4.69) is 10.3 Å². The van der Waals surface area contributed by atoms with Gasteiger partial charge in [0.2, 0.25) is 5.91 Å². The first-order chi connectivity index (χ1) is 13.3. The summed E-state index contributed by atoms with van der Waals surface area (Å²) in [6.07, 6.45) is 3.38. The van der Waals surface area contributed by atoms with E-state index >= 15 is 0 Å². The van der Waals surface area contributed by atoms with Gasteiger partial charge in [-0.05, 0) is 37.5 Å². The molecule has 6 unspecified atom stereocenters. The lowest BCUT2D eigenvalue weighted by molar-refractivity contribution is -0.173. The van der Waals surface area contributed by atoms with E-state index in [0.717, 1.165) is 5.56 Å². The summed E-state index contributed by atoms with van der Waals surface area (Å²) in [5.74, 6) is -4.39. The minimum absolute atomic E-state index is 0.111. The van der Waals surface area contributed by atoms with Crippen LogP contribution in [0.3, 0.4) is 0 Å². The number of fused-ring (bicyclic) bond motifs is 1. The van der Waals surface area contributed by atoms with Crippen molar-refractivity contribution in [3.8, 4) is 0 Å². The number of nitrogens with zero attached hydrogens (tertiary/aromatic N) is 2. The highest BCUT2D eigenvalue weighted by atomic mass is 16.5. The van der Waals surface area contributed by atoms with E-state index in [9.17, 15) is 24.6 Å². The maximum absolute atomic E-state index is 13.3. The maximum atomic E-state index is 13.3. The Bertz CT molecular complexity index is 802. The molecule has 3 aliphatic rings. The molecule has 150 valence electrons. The van der Waals surface area contributed by atoms with E-state index in [-0.39, 0.29) is 6.42 Å². The van der Waals surface area contributed by atoms with Crippen molar-refractivity contribution < 1.29 is 29.3 Å². The van der Waals surface area contributed by atoms with Gasteiger partial charge in [-0.3, -0.25) is 19.9 Å². The number of aliphatic carboxylic acids is 2. The minimum Gasteiger partial charge on any atom is -0.481 e. The van der Waals surface area contributed by atoms with Crippen LogP contribution >= 0.6 is 0 Å². The Kier molecular flexibility index (Phi) is 4.59. The van der Waals surface area contributed by atoms with Crippen LogP contribution in [0, 0.1) is 11.8 Å². The summed E-state index contributed by atoms with van der Waals surface area (Å²) < 4.78 is 5.93. The van der Waals surface area contributed by atoms with Gasteiger partial charge in [0, 0.05) is 25.4 Å². The fourth-order valence-electron chi connectivity index (χ4n) is 5.06. The zero-order valence-corrected chi connectivity index (χ0v) is 15.4. The fraction of sp³-hybridized carbons (Fsp3) is 0.579. The van der Waals surface area contributed by atoms with Gasteiger partial charge in [-0.15, -0.1) is 0 Å². The number of hydrogen-bond donors (Lipinski definition) is 3. The Morgan fingerprint density at radius 2 is 2.07 bits per heavy atom. The quantitative estimate of drug-likeness (QED) is 0.640. The number of likely N-dealkylation sites (tertiary alicyclic amines) is 1. The molecule has 0 aliphatic carbocycles. The zero-order valence-electron chi connectivity index (χ0n) is 15.4. The molecule has 0 radical (unpaired) electrons. The number of aromatic nitrogens is 1. The molecule has 2 bridgehead atoms. The molecule has 9 heteroatoms. The molecule has 4 rings (SSSR count). The molecule has 1 aromatic heterocycles. The first-order valence-corrected chi connectivity index (χ1v) is 9.42. The number of ether oxygens (including phenoxy) is 1. The molecule has 0 saturated carbocycles. The van der Waals surface area contributed by atoms with Gasteiger partial charge < -0.3 is 19.8 Å². The minimum atomic E-state index is -1.11. The molecule has 1 spiro atoms. The van der Waals surface area contributed by atoms with Crippen LogP contribution in [0.4, 0.5) is 0 Å². The third-order valence-electron chi connectivity index (χ3n) is 6.30. The Hall–Kier alpha value is -2.52. The molecule has 3 N–H and O–H groups in total. The molecule has 3 saturated heterocycles. The van der Waals surface area contributed by atoms with Gasteiger partial charge in [-0.1, -0.05) is 0 Å². The van der Waals surface area contributed by atoms with E-state index in [4.69, 9.17) is 4.74 Å². The Balaban J connectivity index is 1.59. The van der Waals surface area contributed by atoms with Crippen molar-refractivity contribution >= 4 is 17.8 Å². The number of hydrogen-bond acceptors (Lipinski definition) is 6. The number of amides is 1. The van der Waals surface area contributed by atoms with E-state index in [1.165, 1.54) is 4.90 Å². The van der Waals surface area contributed by atoms with Crippen LogP contribution in [0.2, 0.25) is 0 Å². The average molecular weight is 389 g/mol. The van der Waals surface area contributed by atoms with Gasteiger partial charge in [0.1, 0.15) is 6.04 Å².